The standard InChI is InChI=1S/C21H14N2O4/c1-22-20(25)17-15-5-3-4-14-16(24)10-13(11-6-8-12(27-2)9-7-11)19(23(14)15)18(17)21(22)26/h3-10H,1-2H3. The number of imide groups is 1. The number of benzene rings is 1. The van der Waals surface area contributed by atoms with Gasteiger partial charge in [0.2, 0.25) is 5.43 Å². The average molecular weight is 358 g/mol. The van der Waals surface area contributed by atoms with Crippen LogP contribution in [0.4, 0.5) is 0 Å². The Morgan fingerprint density at radius 3 is 2.22 bits per heavy atom. The summed E-state index contributed by atoms with van der Waals surface area (Å²) in [7, 11) is 3.06. The summed E-state index contributed by atoms with van der Waals surface area (Å²) in [5.74, 6) is -0.00820. The van der Waals surface area contributed by atoms with Crippen LogP contribution >= 0.6 is 0 Å². The number of rotatable bonds is 2. The van der Waals surface area contributed by atoms with E-state index >= 15 is 0 Å². The van der Waals surface area contributed by atoms with Gasteiger partial charge in [0.05, 0.1) is 34.8 Å². The molecule has 0 unspecified atom stereocenters. The monoisotopic (exact) mass is 358 g/mol. The summed E-state index contributed by atoms with van der Waals surface area (Å²) in [6.45, 7) is 0. The van der Waals surface area contributed by atoms with Crippen molar-refractivity contribution in [3.63, 3.8) is 0 Å². The van der Waals surface area contributed by atoms with Crippen LogP contribution in [0, 0.1) is 0 Å². The smallest absolute Gasteiger partial charge is 0.263 e. The van der Waals surface area contributed by atoms with Crippen molar-refractivity contribution in [3.8, 4) is 16.9 Å². The van der Waals surface area contributed by atoms with Crippen molar-refractivity contribution >= 4 is 28.4 Å². The molecule has 0 saturated heterocycles. The number of aromatic nitrogens is 1. The minimum absolute atomic E-state index is 0.166. The Labute approximate surface area is 153 Å². The molecule has 3 aromatic heterocycles. The van der Waals surface area contributed by atoms with Crippen molar-refractivity contribution in [1.29, 1.82) is 0 Å². The van der Waals surface area contributed by atoms with E-state index in [1.165, 1.54) is 13.1 Å². The van der Waals surface area contributed by atoms with E-state index in [0.29, 0.717) is 39.0 Å². The highest BCUT2D eigenvalue weighted by molar-refractivity contribution is 6.29. The Kier molecular flexibility index (Phi) is 2.98. The lowest BCUT2D eigenvalue weighted by molar-refractivity contribution is 0.0693. The highest BCUT2D eigenvalue weighted by Crippen LogP contribution is 2.38. The number of fused-ring (bicyclic) bond motifs is 3. The number of carbonyl (C=O) groups excluding carboxylic acids is 2. The second-order valence-electron chi connectivity index (χ2n) is 6.55. The molecule has 6 nitrogen and oxygen atoms in total. The zero-order valence-corrected chi connectivity index (χ0v) is 14.6. The van der Waals surface area contributed by atoms with Gasteiger partial charge in [0.15, 0.2) is 0 Å². The quantitative estimate of drug-likeness (QED) is 0.517. The Balaban J connectivity index is 1.98. The molecule has 0 atom stereocenters. The average Bonchev–Trinajstić information content (AvgIpc) is 3.15. The van der Waals surface area contributed by atoms with Crippen LogP contribution in [0.5, 0.6) is 5.75 Å². The summed E-state index contributed by atoms with van der Waals surface area (Å²) in [6, 6.07) is 14.0. The van der Waals surface area contributed by atoms with Gasteiger partial charge in [-0.1, -0.05) is 18.2 Å². The molecule has 0 spiro atoms. The zero-order chi connectivity index (χ0) is 18.9. The molecule has 0 saturated carbocycles. The second kappa shape index (κ2) is 5.17. The number of methoxy groups -OCH3 is 1. The van der Waals surface area contributed by atoms with E-state index in [-0.39, 0.29) is 17.2 Å². The number of ether oxygens (including phenoxy) is 1. The van der Waals surface area contributed by atoms with E-state index < -0.39 is 0 Å². The molecule has 5 rings (SSSR count). The van der Waals surface area contributed by atoms with E-state index in [0.717, 1.165) is 10.5 Å². The minimum atomic E-state index is -0.353. The van der Waals surface area contributed by atoms with Crippen LogP contribution in [0.25, 0.3) is 27.7 Å². The van der Waals surface area contributed by atoms with Crippen molar-refractivity contribution in [2.24, 2.45) is 0 Å². The fraction of sp³-hybridized carbons (Fsp3) is 0.0952. The summed E-state index contributed by atoms with van der Waals surface area (Å²) >= 11 is 0. The molecule has 6 heteroatoms. The second-order valence-corrected chi connectivity index (χ2v) is 6.55. The highest BCUT2D eigenvalue weighted by Gasteiger charge is 2.39. The van der Waals surface area contributed by atoms with Gasteiger partial charge in [-0.3, -0.25) is 19.3 Å². The molecule has 0 bridgehead atoms. The number of amides is 2. The normalized spacial score (nSPS) is 13.8. The predicted octanol–water partition coefficient (Wildman–Crippen LogP) is 2.79. The lowest BCUT2D eigenvalue weighted by Crippen LogP contribution is -2.25. The van der Waals surface area contributed by atoms with Gasteiger partial charge in [0.25, 0.3) is 11.8 Å². The molecule has 1 aromatic carbocycles. The van der Waals surface area contributed by atoms with Gasteiger partial charge < -0.3 is 9.14 Å². The van der Waals surface area contributed by atoms with Gasteiger partial charge in [-0.2, -0.15) is 0 Å². The summed E-state index contributed by atoms with van der Waals surface area (Å²) in [4.78, 5) is 39.3. The maximum Gasteiger partial charge on any atom is 0.263 e. The number of hydrogen-bond donors (Lipinski definition) is 0. The maximum absolute atomic E-state index is 12.8. The number of nitrogens with zero attached hydrogens (tertiary/aromatic N) is 2. The van der Waals surface area contributed by atoms with Gasteiger partial charge >= 0.3 is 0 Å². The van der Waals surface area contributed by atoms with Crippen molar-refractivity contribution in [2.75, 3.05) is 14.2 Å². The predicted molar refractivity (Wildman–Crippen MR) is 101 cm³/mol. The molecule has 27 heavy (non-hydrogen) atoms. The zero-order valence-electron chi connectivity index (χ0n) is 14.6. The van der Waals surface area contributed by atoms with Gasteiger partial charge in [-0.15, -0.1) is 0 Å². The van der Waals surface area contributed by atoms with Crippen molar-refractivity contribution < 1.29 is 14.3 Å². The topological polar surface area (TPSA) is 68.1 Å². The Morgan fingerprint density at radius 1 is 0.852 bits per heavy atom. The minimum Gasteiger partial charge on any atom is -0.497 e. The summed E-state index contributed by atoms with van der Waals surface area (Å²) in [5, 5.41) is 0. The van der Waals surface area contributed by atoms with Crippen molar-refractivity contribution in [2.45, 2.75) is 0 Å². The van der Waals surface area contributed by atoms with Crippen molar-refractivity contribution in [3.05, 3.63) is 69.9 Å². The summed E-state index contributed by atoms with van der Waals surface area (Å²) in [5.41, 5.74) is 3.54. The molecule has 0 N–H and O–H groups in total. The van der Waals surface area contributed by atoms with Gasteiger partial charge in [-0.05, 0) is 35.9 Å². The first-order chi connectivity index (χ1) is 13.0. The first-order valence-corrected chi connectivity index (χ1v) is 8.43. The van der Waals surface area contributed by atoms with Crippen molar-refractivity contribution in [1.82, 2.24) is 9.30 Å². The highest BCUT2D eigenvalue weighted by atomic mass is 16.5. The molecule has 0 aliphatic carbocycles. The summed E-state index contributed by atoms with van der Waals surface area (Å²) < 4.78 is 6.93. The molecule has 0 fully saturated rings. The van der Waals surface area contributed by atoms with E-state index in [1.807, 2.05) is 12.1 Å². The van der Waals surface area contributed by atoms with E-state index in [2.05, 4.69) is 0 Å². The Bertz CT molecular complexity index is 1320. The third-order valence-electron chi connectivity index (χ3n) is 5.18. The van der Waals surface area contributed by atoms with E-state index in [9.17, 15) is 14.4 Å². The largest absolute Gasteiger partial charge is 0.497 e. The molecule has 4 heterocycles. The van der Waals surface area contributed by atoms with Crippen LogP contribution in [0.2, 0.25) is 0 Å². The Hall–Kier alpha value is -3.67. The molecular formula is C21H14N2O4. The lowest BCUT2D eigenvalue weighted by Gasteiger charge is -2.12. The van der Waals surface area contributed by atoms with Crippen LogP contribution in [-0.4, -0.2) is 35.3 Å². The van der Waals surface area contributed by atoms with Gasteiger partial charge in [0.1, 0.15) is 5.75 Å². The molecule has 132 valence electrons. The van der Waals surface area contributed by atoms with Crippen LogP contribution in [0.1, 0.15) is 20.7 Å². The van der Waals surface area contributed by atoms with Crippen LogP contribution in [0.3, 0.4) is 0 Å². The third-order valence-corrected chi connectivity index (χ3v) is 5.18. The molecular weight excluding hydrogens is 344 g/mol. The fourth-order valence-electron chi connectivity index (χ4n) is 3.87. The molecule has 1 aliphatic rings. The number of hydrogen-bond acceptors (Lipinski definition) is 4. The molecule has 4 aromatic rings. The van der Waals surface area contributed by atoms with E-state index in [1.54, 1.807) is 41.8 Å². The molecule has 1 aliphatic heterocycles. The first-order valence-electron chi connectivity index (χ1n) is 8.43. The lowest BCUT2D eigenvalue weighted by atomic mass is 10.0. The van der Waals surface area contributed by atoms with Crippen LogP contribution in [0.15, 0.2) is 53.3 Å². The van der Waals surface area contributed by atoms with Crippen LogP contribution < -0.4 is 10.2 Å². The number of pyridine rings is 2. The summed E-state index contributed by atoms with van der Waals surface area (Å²) in [6.07, 6.45) is 0. The SMILES string of the molecule is COc1ccc(-c2cc(=O)c3cccc4c5c(c2n43)C(=O)N(C)C5=O)cc1. The first kappa shape index (κ1) is 15.6. The third kappa shape index (κ3) is 1.87. The molecule has 0 radical (unpaired) electrons. The van der Waals surface area contributed by atoms with Gasteiger partial charge in [-0.25, -0.2) is 0 Å². The fourth-order valence-corrected chi connectivity index (χ4v) is 3.87. The van der Waals surface area contributed by atoms with Gasteiger partial charge in [0, 0.05) is 12.6 Å². The van der Waals surface area contributed by atoms with E-state index in [4.69, 9.17) is 4.74 Å². The Morgan fingerprint density at radius 2 is 1.52 bits per heavy atom. The number of carbonyl (C=O) groups is 2. The maximum atomic E-state index is 12.8. The van der Waals surface area contributed by atoms with Crippen LogP contribution in [-0.2, 0) is 0 Å². The molecule has 2 amide bonds.